The van der Waals surface area contributed by atoms with Crippen LogP contribution in [0.2, 0.25) is 0 Å². The van der Waals surface area contributed by atoms with Crippen molar-refractivity contribution in [2.75, 3.05) is 39.4 Å². The number of amides is 1. The third kappa shape index (κ3) is 5.07. The van der Waals surface area contributed by atoms with Gasteiger partial charge in [0, 0.05) is 32.4 Å². The van der Waals surface area contributed by atoms with Crippen molar-refractivity contribution in [2.45, 2.75) is 26.4 Å². The normalized spacial score (nSPS) is 17.2. The number of hydrogen-bond acceptors (Lipinski definition) is 4. The molecule has 0 aromatic heterocycles. The smallest absolute Gasteiger partial charge is 0.211 e. The van der Waals surface area contributed by atoms with Crippen molar-refractivity contribution in [3.63, 3.8) is 0 Å². The highest BCUT2D eigenvalue weighted by Crippen LogP contribution is 2.32. The molecule has 0 atom stereocenters. The van der Waals surface area contributed by atoms with E-state index in [1.165, 1.54) is 58.1 Å². The van der Waals surface area contributed by atoms with E-state index in [9.17, 15) is 4.79 Å². The van der Waals surface area contributed by atoms with Crippen LogP contribution in [0.4, 0.5) is 0 Å². The van der Waals surface area contributed by atoms with Gasteiger partial charge in [-0.2, -0.15) is 0 Å². The zero-order valence-corrected chi connectivity index (χ0v) is 19.9. The quantitative estimate of drug-likeness (QED) is 0.506. The molecule has 2 heterocycles. The van der Waals surface area contributed by atoms with E-state index in [0.29, 0.717) is 6.41 Å². The summed E-state index contributed by atoms with van der Waals surface area (Å²) in [5, 5.41) is 5.24. The minimum Gasteiger partial charge on any atom is -0.379 e. The molecule has 0 unspecified atom stereocenters. The van der Waals surface area contributed by atoms with Crippen LogP contribution in [0.25, 0.3) is 28.0 Å². The van der Waals surface area contributed by atoms with E-state index < -0.39 is 0 Å². The lowest BCUT2D eigenvalue weighted by atomic mass is 9.91. The molecule has 5 nitrogen and oxygen atoms in total. The third-order valence-electron chi connectivity index (χ3n) is 7.10. The monoisotopic (exact) mass is 455 g/mol. The molecule has 0 radical (unpaired) electrons. The zero-order chi connectivity index (χ0) is 23.3. The van der Waals surface area contributed by atoms with E-state index in [1.54, 1.807) is 6.20 Å². The van der Waals surface area contributed by atoms with Crippen molar-refractivity contribution >= 4 is 23.3 Å². The number of nitrogens with one attached hydrogen (secondary N) is 1. The number of rotatable bonds is 8. The van der Waals surface area contributed by atoms with Crippen LogP contribution in [0.5, 0.6) is 0 Å². The van der Waals surface area contributed by atoms with Gasteiger partial charge in [0.15, 0.2) is 0 Å². The van der Waals surface area contributed by atoms with Crippen molar-refractivity contribution in [2.24, 2.45) is 0 Å². The maximum absolute atomic E-state index is 10.7. The summed E-state index contributed by atoms with van der Waals surface area (Å²) in [4.78, 5) is 15.7. The lowest BCUT2D eigenvalue weighted by Crippen LogP contribution is -2.36. The van der Waals surface area contributed by atoms with Gasteiger partial charge in [0.2, 0.25) is 6.41 Å². The largest absolute Gasteiger partial charge is 0.379 e. The Morgan fingerprint density at radius 1 is 0.882 bits per heavy atom. The van der Waals surface area contributed by atoms with Gasteiger partial charge in [-0.3, -0.25) is 14.6 Å². The molecule has 2 aliphatic heterocycles. The Hall–Kier alpha value is -2.99. The number of benzene rings is 3. The van der Waals surface area contributed by atoms with Crippen LogP contribution in [0.3, 0.4) is 0 Å². The number of hydrogen-bond donors (Lipinski definition) is 1. The summed E-state index contributed by atoms with van der Waals surface area (Å²) < 4.78 is 5.47. The van der Waals surface area contributed by atoms with E-state index in [-0.39, 0.29) is 0 Å². The predicted molar refractivity (Wildman–Crippen MR) is 138 cm³/mol. The molecule has 34 heavy (non-hydrogen) atoms. The standard InChI is InChI=1S/C29H33N3O2/c1-22-25(9-10-30-21-33)17-27(20-31-11-2-12-31)28-8-7-26(18-29(22)28)24-5-3-23(4-6-24)19-32-13-15-34-16-14-32/h3-10,17-18,21H,2,11-16,19-20H2,1H3,(H,30,33)/b10-9-. The number of ether oxygens (including phenoxy) is 1. The lowest BCUT2D eigenvalue weighted by molar-refractivity contribution is -0.108. The Balaban J connectivity index is 1.46. The summed E-state index contributed by atoms with van der Waals surface area (Å²) in [5.41, 5.74) is 7.54. The topological polar surface area (TPSA) is 44.8 Å². The molecule has 176 valence electrons. The van der Waals surface area contributed by atoms with Crippen molar-refractivity contribution in [3.05, 3.63) is 77.0 Å². The highest BCUT2D eigenvalue weighted by Gasteiger charge is 2.17. The Bertz CT molecular complexity index is 1180. The number of fused-ring (bicyclic) bond motifs is 1. The first-order chi connectivity index (χ1) is 16.7. The molecule has 0 bridgehead atoms. The average Bonchev–Trinajstić information content (AvgIpc) is 2.84. The average molecular weight is 456 g/mol. The molecule has 2 aliphatic rings. The molecule has 5 heteroatoms. The molecule has 2 saturated heterocycles. The molecule has 5 rings (SSSR count). The maximum Gasteiger partial charge on any atom is 0.211 e. The fraction of sp³-hybridized carbons (Fsp3) is 0.345. The van der Waals surface area contributed by atoms with Gasteiger partial charge in [-0.05, 0) is 88.8 Å². The molecule has 3 aromatic carbocycles. The van der Waals surface area contributed by atoms with Gasteiger partial charge in [0.1, 0.15) is 0 Å². The Morgan fingerprint density at radius 2 is 1.62 bits per heavy atom. The van der Waals surface area contributed by atoms with Crippen LogP contribution in [0.1, 0.15) is 28.7 Å². The first-order valence-corrected chi connectivity index (χ1v) is 12.3. The molecular formula is C29H33N3O2. The summed E-state index contributed by atoms with van der Waals surface area (Å²) >= 11 is 0. The molecule has 1 amide bonds. The van der Waals surface area contributed by atoms with Gasteiger partial charge < -0.3 is 10.1 Å². The second kappa shape index (κ2) is 10.5. The van der Waals surface area contributed by atoms with Gasteiger partial charge in [-0.1, -0.05) is 36.4 Å². The van der Waals surface area contributed by atoms with E-state index in [2.05, 4.69) is 70.6 Å². The van der Waals surface area contributed by atoms with E-state index in [0.717, 1.165) is 45.0 Å². The Morgan fingerprint density at radius 3 is 2.32 bits per heavy atom. The van der Waals surface area contributed by atoms with Crippen molar-refractivity contribution in [3.8, 4) is 11.1 Å². The van der Waals surface area contributed by atoms with E-state index in [4.69, 9.17) is 4.74 Å². The fourth-order valence-corrected chi connectivity index (χ4v) is 4.93. The van der Waals surface area contributed by atoms with Crippen LogP contribution in [-0.2, 0) is 22.6 Å². The van der Waals surface area contributed by atoms with Gasteiger partial charge in [0.25, 0.3) is 0 Å². The summed E-state index contributed by atoms with van der Waals surface area (Å²) in [6.45, 7) is 10.1. The van der Waals surface area contributed by atoms with E-state index in [1.807, 2.05) is 6.08 Å². The van der Waals surface area contributed by atoms with Crippen LogP contribution in [0, 0.1) is 6.92 Å². The first kappa shape index (κ1) is 22.8. The highest BCUT2D eigenvalue weighted by molar-refractivity contribution is 5.94. The third-order valence-corrected chi connectivity index (χ3v) is 7.10. The number of carbonyl (C=O) groups excluding carboxylic acids is 1. The van der Waals surface area contributed by atoms with E-state index >= 15 is 0 Å². The van der Waals surface area contributed by atoms with Gasteiger partial charge in [-0.15, -0.1) is 0 Å². The van der Waals surface area contributed by atoms with Crippen LogP contribution in [-0.4, -0.2) is 55.6 Å². The van der Waals surface area contributed by atoms with Crippen LogP contribution < -0.4 is 5.32 Å². The number of morpholine rings is 1. The highest BCUT2D eigenvalue weighted by atomic mass is 16.5. The number of nitrogens with zero attached hydrogens (tertiary/aromatic N) is 2. The zero-order valence-electron chi connectivity index (χ0n) is 19.9. The van der Waals surface area contributed by atoms with Crippen molar-refractivity contribution in [1.29, 1.82) is 0 Å². The molecule has 0 aliphatic carbocycles. The molecule has 1 N–H and O–H groups in total. The van der Waals surface area contributed by atoms with Crippen LogP contribution in [0.15, 0.2) is 54.7 Å². The fourth-order valence-electron chi connectivity index (χ4n) is 4.93. The second-order valence-corrected chi connectivity index (χ2v) is 9.34. The SMILES string of the molecule is Cc1c(/C=C\NC=O)cc(CN2CCC2)c2ccc(-c3ccc(CN4CCOCC4)cc3)cc12. The maximum atomic E-state index is 10.7. The number of aryl methyl sites for hydroxylation is 1. The second-order valence-electron chi connectivity index (χ2n) is 9.34. The van der Waals surface area contributed by atoms with Gasteiger partial charge in [-0.25, -0.2) is 0 Å². The molecule has 0 saturated carbocycles. The summed E-state index contributed by atoms with van der Waals surface area (Å²) in [7, 11) is 0. The molecule has 0 spiro atoms. The lowest BCUT2D eigenvalue weighted by Gasteiger charge is -2.31. The summed E-state index contributed by atoms with van der Waals surface area (Å²) in [6.07, 6.45) is 5.70. The summed E-state index contributed by atoms with van der Waals surface area (Å²) in [6, 6.07) is 18.1. The van der Waals surface area contributed by atoms with Crippen LogP contribution >= 0.6 is 0 Å². The Labute approximate surface area is 202 Å². The molecular weight excluding hydrogens is 422 g/mol. The van der Waals surface area contributed by atoms with Gasteiger partial charge in [0.05, 0.1) is 13.2 Å². The minimum absolute atomic E-state index is 0.703. The van der Waals surface area contributed by atoms with Gasteiger partial charge >= 0.3 is 0 Å². The summed E-state index contributed by atoms with van der Waals surface area (Å²) in [5.74, 6) is 0. The number of carbonyl (C=O) groups is 1. The molecule has 2 fully saturated rings. The predicted octanol–water partition coefficient (Wildman–Crippen LogP) is 4.57. The minimum atomic E-state index is 0.703. The first-order valence-electron chi connectivity index (χ1n) is 12.3. The Kier molecular flexibility index (Phi) is 7.05. The van der Waals surface area contributed by atoms with Crippen molar-refractivity contribution in [1.82, 2.24) is 15.1 Å². The number of likely N-dealkylation sites (tertiary alicyclic amines) is 1. The van der Waals surface area contributed by atoms with Crippen molar-refractivity contribution < 1.29 is 9.53 Å². The molecule has 3 aromatic rings.